The lowest BCUT2D eigenvalue weighted by molar-refractivity contribution is 0.443. The van der Waals surface area contributed by atoms with Gasteiger partial charge in [0.2, 0.25) is 8.32 Å². The first kappa shape index (κ1) is 12.5. The Bertz CT molecular complexity index is 187. The molecule has 0 N–H and O–H groups in total. The van der Waals surface area contributed by atoms with Crippen LogP contribution in [-0.4, -0.2) is 8.32 Å². The van der Waals surface area contributed by atoms with Crippen molar-refractivity contribution in [1.29, 1.82) is 0 Å². The van der Waals surface area contributed by atoms with E-state index in [0.717, 1.165) is 12.2 Å². The maximum absolute atomic E-state index is 5.68. The van der Waals surface area contributed by atoms with Crippen molar-refractivity contribution in [2.45, 2.75) is 39.9 Å². The summed E-state index contributed by atoms with van der Waals surface area (Å²) in [6.07, 6.45) is 5.21. The van der Waals surface area contributed by atoms with Gasteiger partial charge in [-0.2, -0.15) is 0 Å². The summed E-state index contributed by atoms with van der Waals surface area (Å²) < 4.78 is 5.68. The second-order valence-electron chi connectivity index (χ2n) is 4.71. The van der Waals surface area contributed by atoms with Gasteiger partial charge in [-0.3, -0.25) is 0 Å². The maximum atomic E-state index is 5.68. The van der Waals surface area contributed by atoms with Crippen LogP contribution in [0.2, 0.25) is 19.6 Å². The molecule has 2 heteroatoms. The lowest BCUT2D eigenvalue weighted by atomic mass is 10.1. The van der Waals surface area contributed by atoms with Crippen molar-refractivity contribution in [2.24, 2.45) is 5.92 Å². The van der Waals surface area contributed by atoms with Crippen LogP contribution in [0.1, 0.15) is 20.3 Å². The van der Waals surface area contributed by atoms with Gasteiger partial charge in [-0.1, -0.05) is 26.5 Å². The van der Waals surface area contributed by atoms with Gasteiger partial charge in [-0.15, -0.1) is 0 Å². The van der Waals surface area contributed by atoms with Crippen molar-refractivity contribution >= 4 is 8.32 Å². The van der Waals surface area contributed by atoms with Crippen molar-refractivity contribution < 1.29 is 4.43 Å². The van der Waals surface area contributed by atoms with Crippen LogP contribution in [0, 0.1) is 5.92 Å². The minimum absolute atomic E-state index is 0.705. The van der Waals surface area contributed by atoms with Crippen molar-refractivity contribution in [3.05, 3.63) is 24.5 Å². The molecular weight excluding hydrogens is 176 g/mol. The molecule has 0 fully saturated rings. The Kier molecular flexibility index (Phi) is 5.07. The summed E-state index contributed by atoms with van der Waals surface area (Å²) in [7, 11) is -1.45. The van der Waals surface area contributed by atoms with E-state index in [9.17, 15) is 0 Å². The van der Waals surface area contributed by atoms with Gasteiger partial charge in [-0.05, 0) is 38.1 Å². The van der Waals surface area contributed by atoms with Crippen LogP contribution >= 0.6 is 0 Å². The van der Waals surface area contributed by atoms with E-state index in [2.05, 4.69) is 46.1 Å². The molecule has 0 aromatic carbocycles. The molecular formula is C11H22OSi. The van der Waals surface area contributed by atoms with Crippen LogP contribution in [0.5, 0.6) is 0 Å². The van der Waals surface area contributed by atoms with E-state index in [0.29, 0.717) is 5.92 Å². The van der Waals surface area contributed by atoms with E-state index in [1.165, 1.54) is 0 Å². The van der Waals surface area contributed by atoms with E-state index in [-0.39, 0.29) is 0 Å². The summed E-state index contributed by atoms with van der Waals surface area (Å²) >= 11 is 0. The Labute approximate surface area is 83.6 Å². The average molecular weight is 198 g/mol. The third kappa shape index (κ3) is 9.41. The summed E-state index contributed by atoms with van der Waals surface area (Å²) in [5.41, 5.74) is 0. The van der Waals surface area contributed by atoms with E-state index in [1.807, 2.05) is 6.08 Å². The Balaban J connectivity index is 3.81. The highest BCUT2D eigenvalue weighted by Crippen LogP contribution is 2.10. The predicted molar refractivity (Wildman–Crippen MR) is 62.2 cm³/mol. The largest absolute Gasteiger partial charge is 0.545 e. The average Bonchev–Trinajstić information content (AvgIpc) is 1.81. The molecule has 0 aliphatic carbocycles. The summed E-state index contributed by atoms with van der Waals surface area (Å²) in [4.78, 5) is 0. The Morgan fingerprint density at radius 1 is 1.38 bits per heavy atom. The van der Waals surface area contributed by atoms with Crippen LogP contribution in [0.25, 0.3) is 0 Å². The molecule has 0 saturated heterocycles. The molecule has 0 aromatic heterocycles. The normalized spacial score (nSPS) is 12.5. The Morgan fingerprint density at radius 3 is 2.31 bits per heavy atom. The van der Waals surface area contributed by atoms with Gasteiger partial charge in [0, 0.05) is 0 Å². The molecule has 0 spiro atoms. The molecule has 0 radical (unpaired) electrons. The van der Waals surface area contributed by atoms with E-state index in [1.54, 1.807) is 0 Å². The fraction of sp³-hybridized carbons (Fsp3) is 0.636. The monoisotopic (exact) mass is 198 g/mol. The van der Waals surface area contributed by atoms with Gasteiger partial charge < -0.3 is 4.43 Å². The Hall–Kier alpha value is -0.503. The third-order valence-corrected chi connectivity index (χ3v) is 2.22. The topological polar surface area (TPSA) is 9.23 Å². The summed E-state index contributed by atoms with van der Waals surface area (Å²) in [5.74, 6) is 1.51. The molecule has 0 aliphatic rings. The number of hydrogen-bond acceptors (Lipinski definition) is 1. The highest BCUT2D eigenvalue weighted by molar-refractivity contribution is 6.70. The van der Waals surface area contributed by atoms with E-state index < -0.39 is 8.32 Å². The zero-order valence-corrected chi connectivity index (χ0v) is 10.6. The van der Waals surface area contributed by atoms with Crippen LogP contribution in [-0.2, 0) is 4.43 Å². The molecule has 0 bridgehead atoms. The molecule has 0 aromatic rings. The quantitative estimate of drug-likeness (QED) is 0.369. The second kappa shape index (κ2) is 5.27. The number of hydrogen-bond donors (Lipinski definition) is 0. The standard InChI is InChI=1S/C11H22OSi/c1-10(2)8-7-9-11(3)12-13(4,5)6/h7,9-10H,3,8H2,1-2,4-6H3. The number of rotatable bonds is 5. The zero-order valence-electron chi connectivity index (χ0n) is 9.55. The molecule has 0 heterocycles. The van der Waals surface area contributed by atoms with Crippen molar-refractivity contribution in [1.82, 2.24) is 0 Å². The molecule has 0 rings (SSSR count). The smallest absolute Gasteiger partial charge is 0.242 e. The molecule has 76 valence electrons. The zero-order chi connectivity index (χ0) is 10.5. The number of allylic oxidation sites excluding steroid dienone is 2. The van der Waals surface area contributed by atoms with Crippen molar-refractivity contribution in [3.8, 4) is 0 Å². The fourth-order valence-corrected chi connectivity index (χ4v) is 1.75. The van der Waals surface area contributed by atoms with Gasteiger partial charge in [0.15, 0.2) is 0 Å². The first-order valence-electron chi connectivity index (χ1n) is 4.86. The SMILES string of the molecule is C=C(C=CCC(C)C)O[Si](C)(C)C. The van der Waals surface area contributed by atoms with Crippen molar-refractivity contribution in [2.75, 3.05) is 0 Å². The van der Waals surface area contributed by atoms with Gasteiger partial charge in [-0.25, -0.2) is 0 Å². The molecule has 0 amide bonds. The maximum Gasteiger partial charge on any atom is 0.242 e. The first-order valence-corrected chi connectivity index (χ1v) is 8.26. The molecule has 0 atom stereocenters. The lowest BCUT2D eigenvalue weighted by Gasteiger charge is -2.18. The van der Waals surface area contributed by atoms with Gasteiger partial charge in [0.05, 0.1) is 5.76 Å². The third-order valence-electron chi connectivity index (χ3n) is 1.35. The van der Waals surface area contributed by atoms with Gasteiger partial charge in [0.1, 0.15) is 0 Å². The molecule has 0 aliphatic heterocycles. The summed E-state index contributed by atoms with van der Waals surface area (Å²) in [6.45, 7) is 14.7. The van der Waals surface area contributed by atoms with Crippen LogP contribution in [0.4, 0.5) is 0 Å². The van der Waals surface area contributed by atoms with Gasteiger partial charge >= 0.3 is 0 Å². The minimum atomic E-state index is -1.45. The minimum Gasteiger partial charge on any atom is -0.545 e. The van der Waals surface area contributed by atoms with Crippen LogP contribution < -0.4 is 0 Å². The highest BCUT2D eigenvalue weighted by Gasteiger charge is 2.15. The lowest BCUT2D eigenvalue weighted by Crippen LogP contribution is -2.24. The van der Waals surface area contributed by atoms with Gasteiger partial charge in [0.25, 0.3) is 0 Å². The van der Waals surface area contributed by atoms with E-state index in [4.69, 9.17) is 4.43 Å². The summed E-state index contributed by atoms with van der Waals surface area (Å²) in [5, 5.41) is 0. The molecule has 1 nitrogen and oxygen atoms in total. The van der Waals surface area contributed by atoms with Crippen molar-refractivity contribution in [3.63, 3.8) is 0 Å². The Morgan fingerprint density at radius 2 is 1.92 bits per heavy atom. The molecule has 0 unspecified atom stereocenters. The second-order valence-corrected chi connectivity index (χ2v) is 9.14. The fourth-order valence-electron chi connectivity index (χ4n) is 0.899. The molecule has 13 heavy (non-hydrogen) atoms. The predicted octanol–water partition coefficient (Wildman–Crippen LogP) is 3.95. The summed E-state index contributed by atoms with van der Waals surface area (Å²) in [6, 6.07) is 0. The van der Waals surface area contributed by atoms with E-state index >= 15 is 0 Å². The molecule has 0 saturated carbocycles. The van der Waals surface area contributed by atoms with Crippen LogP contribution in [0.3, 0.4) is 0 Å². The van der Waals surface area contributed by atoms with Crippen LogP contribution in [0.15, 0.2) is 24.5 Å². The first-order chi connectivity index (χ1) is 5.81. The highest BCUT2D eigenvalue weighted by atomic mass is 28.4.